The van der Waals surface area contributed by atoms with Crippen molar-refractivity contribution in [2.45, 2.75) is 11.8 Å². The minimum Gasteiger partial charge on any atom is -0.495 e. The number of nitrogens with one attached hydrogen (secondary N) is 2. The van der Waals surface area contributed by atoms with Crippen molar-refractivity contribution in [3.63, 3.8) is 0 Å². The van der Waals surface area contributed by atoms with E-state index in [9.17, 15) is 13.2 Å². The molecule has 0 bridgehead atoms. The third-order valence-electron chi connectivity index (χ3n) is 2.89. The number of halogens is 1. The lowest BCUT2D eigenvalue weighted by Gasteiger charge is -2.13. The van der Waals surface area contributed by atoms with Crippen molar-refractivity contribution in [2.24, 2.45) is 0 Å². The Labute approximate surface area is 139 Å². The molecule has 0 unspecified atom stereocenters. The molecule has 0 saturated carbocycles. The van der Waals surface area contributed by atoms with Crippen LogP contribution >= 0.6 is 11.6 Å². The normalized spacial score (nSPS) is 10.9. The number of benzene rings is 2. The van der Waals surface area contributed by atoms with E-state index in [2.05, 4.69) is 10.0 Å². The third kappa shape index (κ3) is 4.14. The SMILES string of the molecule is COc1ccc(NS(=O)(=O)c2ccccc2Cl)cc1NC(C)=O. The number of ether oxygens (including phenoxy) is 1. The molecule has 0 spiro atoms. The van der Waals surface area contributed by atoms with Crippen LogP contribution in [0.25, 0.3) is 0 Å². The summed E-state index contributed by atoms with van der Waals surface area (Å²) in [4.78, 5) is 11.2. The van der Waals surface area contributed by atoms with E-state index in [0.29, 0.717) is 11.4 Å². The van der Waals surface area contributed by atoms with Gasteiger partial charge in [-0.05, 0) is 30.3 Å². The van der Waals surface area contributed by atoms with Crippen LogP contribution in [0.3, 0.4) is 0 Å². The fourth-order valence-corrected chi connectivity index (χ4v) is 3.50. The van der Waals surface area contributed by atoms with Gasteiger partial charge in [-0.15, -0.1) is 0 Å². The summed E-state index contributed by atoms with van der Waals surface area (Å²) in [5.41, 5.74) is 0.633. The molecular formula is C15H15ClN2O4S. The number of hydrogen-bond acceptors (Lipinski definition) is 4. The van der Waals surface area contributed by atoms with Crippen molar-refractivity contribution in [3.8, 4) is 5.75 Å². The molecule has 23 heavy (non-hydrogen) atoms. The molecule has 0 saturated heterocycles. The molecule has 0 aliphatic carbocycles. The Morgan fingerprint density at radius 2 is 1.87 bits per heavy atom. The Hall–Kier alpha value is -2.25. The first-order valence-corrected chi connectivity index (χ1v) is 8.42. The van der Waals surface area contributed by atoms with E-state index >= 15 is 0 Å². The molecule has 8 heteroatoms. The summed E-state index contributed by atoms with van der Waals surface area (Å²) in [6.45, 7) is 1.35. The number of anilines is 2. The van der Waals surface area contributed by atoms with Crippen LogP contribution in [0.1, 0.15) is 6.92 Å². The molecule has 2 aromatic carbocycles. The van der Waals surface area contributed by atoms with Gasteiger partial charge in [0.1, 0.15) is 10.6 Å². The lowest BCUT2D eigenvalue weighted by molar-refractivity contribution is -0.114. The zero-order valence-electron chi connectivity index (χ0n) is 12.5. The van der Waals surface area contributed by atoms with Gasteiger partial charge in [0.15, 0.2) is 0 Å². The molecule has 6 nitrogen and oxygen atoms in total. The molecule has 0 heterocycles. The van der Waals surface area contributed by atoms with Crippen molar-refractivity contribution >= 4 is 38.9 Å². The molecule has 122 valence electrons. The second-order valence-electron chi connectivity index (χ2n) is 4.63. The van der Waals surface area contributed by atoms with Crippen LogP contribution in [0.2, 0.25) is 5.02 Å². The van der Waals surface area contributed by atoms with Crippen molar-refractivity contribution in [3.05, 3.63) is 47.5 Å². The molecule has 0 atom stereocenters. The second-order valence-corrected chi connectivity index (χ2v) is 6.69. The molecule has 2 rings (SSSR count). The molecule has 0 fully saturated rings. The van der Waals surface area contributed by atoms with E-state index in [4.69, 9.17) is 16.3 Å². The van der Waals surface area contributed by atoms with Crippen molar-refractivity contribution in [1.29, 1.82) is 0 Å². The Bertz CT molecular complexity index is 837. The number of hydrogen-bond donors (Lipinski definition) is 2. The molecule has 0 aliphatic heterocycles. The zero-order chi connectivity index (χ0) is 17.0. The van der Waals surface area contributed by atoms with Gasteiger partial charge < -0.3 is 10.1 Å². The number of methoxy groups -OCH3 is 1. The average Bonchev–Trinajstić information content (AvgIpc) is 2.46. The van der Waals surface area contributed by atoms with Crippen LogP contribution in [-0.4, -0.2) is 21.4 Å². The predicted molar refractivity (Wildman–Crippen MR) is 89.6 cm³/mol. The standard InChI is InChI=1S/C15H15ClN2O4S/c1-10(19)17-13-9-11(7-8-14(13)22-2)18-23(20,21)15-6-4-3-5-12(15)16/h3-9,18H,1-2H3,(H,17,19). The number of sulfonamides is 1. The topological polar surface area (TPSA) is 84.5 Å². The maximum atomic E-state index is 12.4. The molecule has 1 amide bonds. The van der Waals surface area contributed by atoms with Gasteiger partial charge in [0.05, 0.1) is 23.5 Å². The smallest absolute Gasteiger partial charge is 0.263 e. The summed E-state index contributed by atoms with van der Waals surface area (Å²) in [6, 6.07) is 10.7. The average molecular weight is 355 g/mol. The maximum Gasteiger partial charge on any atom is 0.263 e. The van der Waals surface area contributed by atoms with Gasteiger partial charge in [0.2, 0.25) is 5.91 Å². The molecular weight excluding hydrogens is 340 g/mol. The highest BCUT2D eigenvalue weighted by molar-refractivity contribution is 7.92. The van der Waals surface area contributed by atoms with Crippen LogP contribution in [0.15, 0.2) is 47.4 Å². The summed E-state index contributed by atoms with van der Waals surface area (Å²) in [6.07, 6.45) is 0. The van der Waals surface area contributed by atoms with E-state index < -0.39 is 10.0 Å². The first-order valence-electron chi connectivity index (χ1n) is 6.56. The molecule has 0 aliphatic rings. The summed E-state index contributed by atoms with van der Waals surface area (Å²) in [5.74, 6) is 0.121. The number of carbonyl (C=O) groups excluding carboxylic acids is 1. The van der Waals surface area contributed by atoms with Gasteiger partial charge in [0, 0.05) is 6.92 Å². The number of rotatable bonds is 5. The van der Waals surface area contributed by atoms with Crippen LogP contribution < -0.4 is 14.8 Å². The largest absolute Gasteiger partial charge is 0.495 e. The fraction of sp³-hybridized carbons (Fsp3) is 0.133. The maximum absolute atomic E-state index is 12.4. The van der Waals surface area contributed by atoms with Crippen molar-refractivity contribution < 1.29 is 17.9 Å². The zero-order valence-corrected chi connectivity index (χ0v) is 14.0. The lowest BCUT2D eigenvalue weighted by atomic mass is 10.2. The number of amides is 1. The van der Waals surface area contributed by atoms with E-state index in [1.54, 1.807) is 18.2 Å². The van der Waals surface area contributed by atoms with Crippen LogP contribution in [0.5, 0.6) is 5.75 Å². The number of carbonyl (C=O) groups is 1. The Kier molecular flexibility index (Phi) is 5.12. The Morgan fingerprint density at radius 1 is 1.17 bits per heavy atom. The lowest BCUT2D eigenvalue weighted by Crippen LogP contribution is -2.14. The summed E-state index contributed by atoms with van der Waals surface area (Å²) >= 11 is 5.93. The highest BCUT2D eigenvalue weighted by Crippen LogP contribution is 2.30. The monoisotopic (exact) mass is 354 g/mol. The Morgan fingerprint density at radius 3 is 2.48 bits per heavy atom. The second kappa shape index (κ2) is 6.89. The van der Waals surface area contributed by atoms with E-state index in [1.165, 1.54) is 38.3 Å². The van der Waals surface area contributed by atoms with Gasteiger partial charge in [-0.2, -0.15) is 0 Å². The quantitative estimate of drug-likeness (QED) is 0.864. The fourth-order valence-electron chi connectivity index (χ4n) is 1.93. The van der Waals surface area contributed by atoms with Crippen LogP contribution in [0, 0.1) is 0 Å². The van der Waals surface area contributed by atoms with Gasteiger partial charge in [0.25, 0.3) is 10.0 Å². The molecule has 0 aromatic heterocycles. The first-order chi connectivity index (χ1) is 10.8. The third-order valence-corrected chi connectivity index (χ3v) is 4.77. The van der Waals surface area contributed by atoms with E-state index in [0.717, 1.165) is 0 Å². The van der Waals surface area contributed by atoms with Gasteiger partial charge >= 0.3 is 0 Å². The summed E-state index contributed by atoms with van der Waals surface area (Å²) in [5, 5.41) is 2.70. The summed E-state index contributed by atoms with van der Waals surface area (Å²) < 4.78 is 32.3. The molecule has 2 N–H and O–H groups in total. The highest BCUT2D eigenvalue weighted by Gasteiger charge is 2.18. The summed E-state index contributed by atoms with van der Waals surface area (Å²) in [7, 11) is -2.39. The van der Waals surface area contributed by atoms with Crippen molar-refractivity contribution in [1.82, 2.24) is 0 Å². The van der Waals surface area contributed by atoms with Crippen LogP contribution in [0.4, 0.5) is 11.4 Å². The van der Waals surface area contributed by atoms with Crippen molar-refractivity contribution in [2.75, 3.05) is 17.1 Å². The molecule has 0 radical (unpaired) electrons. The van der Waals surface area contributed by atoms with E-state index in [1.807, 2.05) is 0 Å². The first kappa shape index (κ1) is 17.1. The minimum absolute atomic E-state index is 0.0291. The van der Waals surface area contributed by atoms with Gasteiger partial charge in [-0.1, -0.05) is 23.7 Å². The van der Waals surface area contributed by atoms with Crippen LogP contribution in [-0.2, 0) is 14.8 Å². The minimum atomic E-state index is -3.84. The predicted octanol–water partition coefficient (Wildman–Crippen LogP) is 3.11. The Balaban J connectivity index is 2.36. The molecule has 2 aromatic rings. The highest BCUT2D eigenvalue weighted by atomic mass is 35.5. The van der Waals surface area contributed by atoms with Gasteiger partial charge in [-0.25, -0.2) is 8.42 Å². The van der Waals surface area contributed by atoms with Gasteiger partial charge in [-0.3, -0.25) is 9.52 Å². The van der Waals surface area contributed by atoms with E-state index in [-0.39, 0.29) is 21.5 Å².